The first-order chi connectivity index (χ1) is 11.2. The monoisotopic (exact) mass is 339 g/mol. The maximum absolute atomic E-state index is 12.1. The third-order valence-corrected chi connectivity index (χ3v) is 3.72. The van der Waals surface area contributed by atoms with Crippen LogP contribution in [0.2, 0.25) is 5.02 Å². The van der Waals surface area contributed by atoms with E-state index >= 15 is 0 Å². The molecule has 1 amide bonds. The number of morpholine rings is 1. The van der Waals surface area contributed by atoms with Crippen molar-refractivity contribution in [3.05, 3.63) is 28.8 Å². The summed E-state index contributed by atoms with van der Waals surface area (Å²) in [5.74, 6) is 1.06. The fraction of sp³-hybridized carbons (Fsp3) is 0.471. The van der Waals surface area contributed by atoms with Crippen LogP contribution in [0.15, 0.2) is 18.2 Å². The summed E-state index contributed by atoms with van der Waals surface area (Å²) < 4.78 is 16.2. The largest absolute Gasteiger partial charge is 0.493 e. The van der Waals surface area contributed by atoms with Crippen molar-refractivity contribution in [2.75, 3.05) is 40.0 Å². The van der Waals surface area contributed by atoms with Gasteiger partial charge >= 0.3 is 0 Å². The van der Waals surface area contributed by atoms with E-state index in [1.165, 1.54) is 0 Å². The van der Waals surface area contributed by atoms with Crippen molar-refractivity contribution < 1.29 is 19.0 Å². The molecule has 23 heavy (non-hydrogen) atoms. The average Bonchev–Trinajstić information content (AvgIpc) is 2.59. The molecule has 126 valence electrons. The lowest BCUT2D eigenvalue weighted by Crippen LogP contribution is -2.39. The number of carbonyl (C=O) groups is 1. The zero-order valence-electron chi connectivity index (χ0n) is 13.5. The Morgan fingerprint density at radius 3 is 2.78 bits per heavy atom. The van der Waals surface area contributed by atoms with Gasteiger partial charge in [-0.3, -0.25) is 4.79 Å². The van der Waals surface area contributed by atoms with Crippen LogP contribution in [0.5, 0.6) is 11.5 Å². The summed E-state index contributed by atoms with van der Waals surface area (Å²) in [5.41, 5.74) is 0.789. The van der Waals surface area contributed by atoms with Gasteiger partial charge in [-0.25, -0.2) is 0 Å². The van der Waals surface area contributed by atoms with E-state index in [1.807, 2.05) is 6.92 Å². The van der Waals surface area contributed by atoms with Crippen LogP contribution in [0.25, 0.3) is 6.08 Å². The Bertz CT molecular complexity index is 568. The molecule has 5 nitrogen and oxygen atoms in total. The van der Waals surface area contributed by atoms with Gasteiger partial charge in [-0.1, -0.05) is 18.5 Å². The molecule has 0 atom stereocenters. The number of hydrogen-bond acceptors (Lipinski definition) is 4. The molecule has 6 heteroatoms. The second-order valence-electron chi connectivity index (χ2n) is 5.15. The summed E-state index contributed by atoms with van der Waals surface area (Å²) in [5, 5.41) is 0.469. The zero-order valence-corrected chi connectivity index (χ0v) is 14.3. The van der Waals surface area contributed by atoms with Gasteiger partial charge in [0.2, 0.25) is 5.91 Å². The predicted molar refractivity (Wildman–Crippen MR) is 90.2 cm³/mol. The van der Waals surface area contributed by atoms with Crippen molar-refractivity contribution in [1.82, 2.24) is 4.90 Å². The van der Waals surface area contributed by atoms with Crippen molar-refractivity contribution in [1.29, 1.82) is 0 Å². The van der Waals surface area contributed by atoms with Crippen LogP contribution in [0.4, 0.5) is 0 Å². The second-order valence-corrected chi connectivity index (χ2v) is 5.56. The summed E-state index contributed by atoms with van der Waals surface area (Å²) >= 11 is 6.26. The molecule has 1 aliphatic rings. The van der Waals surface area contributed by atoms with Crippen LogP contribution in [-0.2, 0) is 9.53 Å². The third-order valence-electron chi connectivity index (χ3n) is 3.44. The second kappa shape index (κ2) is 8.79. The van der Waals surface area contributed by atoms with E-state index in [2.05, 4.69) is 0 Å². The number of rotatable bonds is 6. The SMILES string of the molecule is CCCOc1c(Cl)cc(C=CC(=O)N2CCOCC2)cc1OC. The van der Waals surface area contributed by atoms with Crippen LogP contribution in [-0.4, -0.2) is 50.8 Å². The van der Waals surface area contributed by atoms with E-state index in [0.717, 1.165) is 12.0 Å². The molecule has 0 saturated carbocycles. The molecule has 2 rings (SSSR count). The quantitative estimate of drug-likeness (QED) is 0.747. The third kappa shape index (κ3) is 4.88. The molecular weight excluding hydrogens is 318 g/mol. The molecule has 1 heterocycles. The van der Waals surface area contributed by atoms with Crippen molar-refractivity contribution in [3.8, 4) is 11.5 Å². The lowest BCUT2D eigenvalue weighted by Gasteiger charge is -2.25. The average molecular weight is 340 g/mol. The van der Waals surface area contributed by atoms with Crippen LogP contribution in [0, 0.1) is 0 Å². The Hall–Kier alpha value is -1.72. The number of methoxy groups -OCH3 is 1. The van der Waals surface area contributed by atoms with Gasteiger partial charge in [0.05, 0.1) is 32.0 Å². The molecule has 0 aromatic heterocycles. The molecule has 1 aromatic rings. The van der Waals surface area contributed by atoms with E-state index in [0.29, 0.717) is 49.4 Å². The molecular formula is C17H22ClNO4. The first-order valence-corrected chi connectivity index (χ1v) is 8.08. The van der Waals surface area contributed by atoms with E-state index in [1.54, 1.807) is 36.3 Å². The Morgan fingerprint density at radius 2 is 2.13 bits per heavy atom. The van der Waals surface area contributed by atoms with Crippen molar-refractivity contribution in [2.24, 2.45) is 0 Å². The number of ether oxygens (including phenoxy) is 3. The van der Waals surface area contributed by atoms with E-state index in [-0.39, 0.29) is 5.91 Å². The number of nitrogens with zero attached hydrogens (tertiary/aromatic N) is 1. The highest BCUT2D eigenvalue weighted by atomic mass is 35.5. The fourth-order valence-electron chi connectivity index (χ4n) is 2.24. The van der Waals surface area contributed by atoms with E-state index in [9.17, 15) is 4.79 Å². The van der Waals surface area contributed by atoms with Crippen molar-refractivity contribution in [3.63, 3.8) is 0 Å². The van der Waals surface area contributed by atoms with Gasteiger partial charge in [0.25, 0.3) is 0 Å². The lowest BCUT2D eigenvalue weighted by molar-refractivity contribution is -0.129. The van der Waals surface area contributed by atoms with Crippen molar-refractivity contribution in [2.45, 2.75) is 13.3 Å². The van der Waals surface area contributed by atoms with E-state index in [4.69, 9.17) is 25.8 Å². The highest BCUT2D eigenvalue weighted by Gasteiger charge is 2.15. The van der Waals surface area contributed by atoms with Crippen molar-refractivity contribution >= 4 is 23.6 Å². The van der Waals surface area contributed by atoms with Gasteiger partial charge in [-0.05, 0) is 30.2 Å². The van der Waals surface area contributed by atoms with E-state index < -0.39 is 0 Å². The first kappa shape index (κ1) is 17.6. The fourth-order valence-corrected chi connectivity index (χ4v) is 2.51. The number of carbonyl (C=O) groups excluding carboxylic acids is 1. The topological polar surface area (TPSA) is 48.0 Å². The Balaban J connectivity index is 2.11. The number of benzene rings is 1. The van der Waals surface area contributed by atoms with Crippen LogP contribution in [0.1, 0.15) is 18.9 Å². The molecule has 0 bridgehead atoms. The summed E-state index contributed by atoms with van der Waals surface area (Å²) in [4.78, 5) is 13.9. The van der Waals surface area contributed by atoms with Gasteiger partial charge in [0.1, 0.15) is 0 Å². The summed E-state index contributed by atoms with van der Waals surface area (Å²) in [6.07, 6.45) is 4.16. The number of hydrogen-bond donors (Lipinski definition) is 0. The minimum Gasteiger partial charge on any atom is -0.493 e. The normalized spacial score (nSPS) is 15.0. The van der Waals surface area contributed by atoms with Crippen LogP contribution in [0.3, 0.4) is 0 Å². The van der Waals surface area contributed by atoms with Gasteiger partial charge in [-0.2, -0.15) is 0 Å². The number of amides is 1. The highest BCUT2D eigenvalue weighted by Crippen LogP contribution is 2.36. The Morgan fingerprint density at radius 1 is 1.39 bits per heavy atom. The minimum atomic E-state index is -0.0327. The number of halogens is 1. The van der Waals surface area contributed by atoms with Gasteiger partial charge in [-0.15, -0.1) is 0 Å². The molecule has 0 radical (unpaired) electrons. The Labute approximate surface area is 141 Å². The first-order valence-electron chi connectivity index (χ1n) is 7.70. The van der Waals surface area contributed by atoms with Gasteiger partial charge < -0.3 is 19.1 Å². The highest BCUT2D eigenvalue weighted by molar-refractivity contribution is 6.32. The zero-order chi connectivity index (χ0) is 16.7. The summed E-state index contributed by atoms with van der Waals surface area (Å²) in [7, 11) is 1.57. The predicted octanol–water partition coefficient (Wildman–Crippen LogP) is 3.01. The standard InChI is InChI=1S/C17H22ClNO4/c1-3-8-23-17-14(18)11-13(12-15(17)21-2)4-5-16(20)19-6-9-22-10-7-19/h4-5,11-12H,3,6-10H2,1-2H3. The molecule has 1 fully saturated rings. The maximum atomic E-state index is 12.1. The lowest BCUT2D eigenvalue weighted by atomic mass is 10.1. The molecule has 1 aromatic carbocycles. The molecule has 0 N–H and O–H groups in total. The molecule has 0 unspecified atom stereocenters. The molecule has 0 spiro atoms. The van der Waals surface area contributed by atoms with Gasteiger partial charge in [0.15, 0.2) is 11.5 Å². The molecule has 0 aliphatic carbocycles. The summed E-state index contributed by atoms with van der Waals surface area (Å²) in [6.45, 7) is 5.01. The summed E-state index contributed by atoms with van der Waals surface area (Å²) in [6, 6.07) is 3.57. The Kier molecular flexibility index (Phi) is 6.74. The van der Waals surface area contributed by atoms with Gasteiger partial charge in [0, 0.05) is 19.2 Å². The molecule has 1 aliphatic heterocycles. The maximum Gasteiger partial charge on any atom is 0.246 e. The smallest absolute Gasteiger partial charge is 0.246 e. The van der Waals surface area contributed by atoms with Crippen LogP contribution < -0.4 is 9.47 Å². The molecule has 1 saturated heterocycles. The minimum absolute atomic E-state index is 0.0327. The van der Waals surface area contributed by atoms with Crippen LogP contribution >= 0.6 is 11.6 Å².